The lowest BCUT2D eigenvalue weighted by Gasteiger charge is -2.20. The molecule has 0 saturated heterocycles. The van der Waals surface area contributed by atoms with Gasteiger partial charge < -0.3 is 41.9 Å². The van der Waals surface area contributed by atoms with Gasteiger partial charge in [0, 0.05) is 3.92 Å². The summed E-state index contributed by atoms with van der Waals surface area (Å²) < 4.78 is 20.9. The molecule has 0 aliphatic heterocycles. The van der Waals surface area contributed by atoms with E-state index >= 15 is 0 Å². The SMILES string of the molecule is C[C@@H](Cc1ccc(OC(=O)CN)c(OC(=O)CN)c1)C(I)Cc1ccc(OC(=O)CN)c(OC(=O)CN)c1. The first-order chi connectivity index (χ1) is 18.1. The van der Waals surface area contributed by atoms with Gasteiger partial charge >= 0.3 is 23.9 Å². The Morgan fingerprint density at radius 3 is 1.34 bits per heavy atom. The molecular weight excluding hydrogens is 611 g/mol. The van der Waals surface area contributed by atoms with E-state index in [9.17, 15) is 19.2 Å². The van der Waals surface area contributed by atoms with Crippen LogP contribution >= 0.6 is 22.6 Å². The van der Waals surface area contributed by atoms with E-state index in [4.69, 9.17) is 41.9 Å². The number of ether oxygens (including phenoxy) is 4. The van der Waals surface area contributed by atoms with Crippen LogP contribution in [0.3, 0.4) is 0 Å². The zero-order valence-electron chi connectivity index (χ0n) is 20.8. The molecule has 0 aliphatic rings. The van der Waals surface area contributed by atoms with Crippen LogP contribution < -0.4 is 41.9 Å². The Kier molecular flexibility index (Phi) is 12.6. The molecule has 1 unspecified atom stereocenters. The molecule has 0 bridgehead atoms. The summed E-state index contributed by atoms with van der Waals surface area (Å²) in [7, 11) is 0. The molecule has 0 radical (unpaired) electrons. The van der Waals surface area contributed by atoms with Crippen LogP contribution in [-0.2, 0) is 32.0 Å². The minimum atomic E-state index is -0.682. The van der Waals surface area contributed by atoms with Crippen molar-refractivity contribution in [3.63, 3.8) is 0 Å². The number of rotatable bonds is 13. The molecule has 0 aliphatic carbocycles. The summed E-state index contributed by atoms with van der Waals surface area (Å²) in [4.78, 5) is 46.8. The average molecular weight is 642 g/mol. The maximum Gasteiger partial charge on any atom is 0.325 e. The minimum Gasteiger partial charge on any atom is -0.422 e. The minimum absolute atomic E-state index is 0.0686. The number of carbonyl (C=O) groups excluding carboxylic acids is 4. The zero-order chi connectivity index (χ0) is 28.2. The van der Waals surface area contributed by atoms with Gasteiger partial charge in [-0.15, -0.1) is 0 Å². The first-order valence-corrected chi connectivity index (χ1v) is 12.9. The molecule has 8 N–H and O–H groups in total. The number of carbonyl (C=O) groups is 4. The van der Waals surface area contributed by atoms with Gasteiger partial charge in [0.25, 0.3) is 0 Å². The monoisotopic (exact) mass is 642 g/mol. The molecule has 206 valence electrons. The topological polar surface area (TPSA) is 209 Å². The second kappa shape index (κ2) is 15.3. The van der Waals surface area contributed by atoms with Gasteiger partial charge in [0.2, 0.25) is 0 Å². The number of hydrogen-bond donors (Lipinski definition) is 4. The highest BCUT2D eigenvalue weighted by Crippen LogP contribution is 2.33. The number of hydrogen-bond acceptors (Lipinski definition) is 12. The molecule has 0 heterocycles. The predicted octanol–water partition coefficient (Wildman–Crippen LogP) is 0.368. The van der Waals surface area contributed by atoms with Crippen molar-refractivity contribution < 1.29 is 38.1 Å². The van der Waals surface area contributed by atoms with Gasteiger partial charge in [-0.2, -0.15) is 0 Å². The van der Waals surface area contributed by atoms with Crippen molar-refractivity contribution in [1.29, 1.82) is 0 Å². The van der Waals surface area contributed by atoms with Crippen LogP contribution in [0, 0.1) is 5.92 Å². The lowest BCUT2D eigenvalue weighted by Crippen LogP contribution is -2.23. The van der Waals surface area contributed by atoms with Crippen LogP contribution in [0.5, 0.6) is 23.0 Å². The van der Waals surface area contributed by atoms with Crippen molar-refractivity contribution in [1.82, 2.24) is 0 Å². The van der Waals surface area contributed by atoms with Crippen LogP contribution in [0.4, 0.5) is 0 Å². The summed E-state index contributed by atoms with van der Waals surface area (Å²) in [5.41, 5.74) is 23.0. The highest BCUT2D eigenvalue weighted by atomic mass is 127. The van der Waals surface area contributed by atoms with Gasteiger partial charge in [0.15, 0.2) is 23.0 Å². The van der Waals surface area contributed by atoms with Crippen LogP contribution in [0.25, 0.3) is 0 Å². The number of esters is 4. The van der Waals surface area contributed by atoms with Crippen LogP contribution in [-0.4, -0.2) is 54.0 Å². The Hall–Kier alpha value is -3.11. The Morgan fingerprint density at radius 1 is 0.632 bits per heavy atom. The summed E-state index contributed by atoms with van der Waals surface area (Å²) in [6.07, 6.45) is 1.20. The third kappa shape index (κ3) is 9.64. The second-order valence-corrected chi connectivity index (χ2v) is 9.78. The number of nitrogens with two attached hydrogens (primary N) is 4. The normalized spacial score (nSPS) is 12.3. The molecule has 2 aromatic rings. The van der Waals surface area contributed by atoms with Gasteiger partial charge in [-0.05, 0) is 54.2 Å². The molecule has 0 spiro atoms. The van der Waals surface area contributed by atoms with Gasteiger partial charge in [0.05, 0.1) is 26.2 Å². The highest BCUT2D eigenvalue weighted by molar-refractivity contribution is 14.1. The van der Waals surface area contributed by atoms with Crippen molar-refractivity contribution in [2.45, 2.75) is 23.7 Å². The van der Waals surface area contributed by atoms with Gasteiger partial charge in [0.1, 0.15) is 0 Å². The Morgan fingerprint density at radius 2 is 0.974 bits per heavy atom. The van der Waals surface area contributed by atoms with Gasteiger partial charge in [-0.1, -0.05) is 41.6 Å². The fourth-order valence-electron chi connectivity index (χ4n) is 3.27. The lowest BCUT2D eigenvalue weighted by atomic mass is 9.94. The van der Waals surface area contributed by atoms with Crippen molar-refractivity contribution in [3.8, 4) is 23.0 Å². The van der Waals surface area contributed by atoms with E-state index in [1.807, 2.05) is 0 Å². The predicted molar refractivity (Wildman–Crippen MR) is 146 cm³/mol. The Balaban J connectivity index is 2.18. The number of halogens is 1. The maximum atomic E-state index is 11.8. The molecule has 2 aromatic carbocycles. The molecule has 0 amide bonds. The molecule has 2 rings (SSSR count). The summed E-state index contributed by atoms with van der Waals surface area (Å²) >= 11 is 2.32. The average Bonchev–Trinajstić information content (AvgIpc) is 2.90. The molecule has 0 fully saturated rings. The summed E-state index contributed by atoms with van der Waals surface area (Å²) in [5, 5.41) is 0. The van der Waals surface area contributed by atoms with E-state index < -0.39 is 23.9 Å². The van der Waals surface area contributed by atoms with Crippen molar-refractivity contribution in [2.24, 2.45) is 28.9 Å². The summed E-state index contributed by atoms with van der Waals surface area (Å²) in [6.45, 7) is 0.713. The lowest BCUT2D eigenvalue weighted by molar-refractivity contribution is -0.135. The molecule has 13 heteroatoms. The van der Waals surface area contributed by atoms with E-state index in [2.05, 4.69) is 29.5 Å². The smallest absolute Gasteiger partial charge is 0.325 e. The Bertz CT molecular complexity index is 1070. The molecule has 12 nitrogen and oxygen atoms in total. The van der Waals surface area contributed by atoms with Crippen molar-refractivity contribution in [3.05, 3.63) is 47.5 Å². The first kappa shape index (κ1) is 31.1. The van der Waals surface area contributed by atoms with Gasteiger partial charge in [-0.3, -0.25) is 19.2 Å². The highest BCUT2D eigenvalue weighted by Gasteiger charge is 2.20. The van der Waals surface area contributed by atoms with E-state index in [0.717, 1.165) is 11.1 Å². The summed E-state index contributed by atoms with van der Waals surface area (Å²) in [5.74, 6) is -2.30. The largest absolute Gasteiger partial charge is 0.422 e. The van der Waals surface area contributed by atoms with Crippen LogP contribution in [0.2, 0.25) is 0 Å². The van der Waals surface area contributed by atoms with Crippen molar-refractivity contribution in [2.75, 3.05) is 26.2 Å². The Labute approximate surface area is 233 Å². The van der Waals surface area contributed by atoms with E-state index in [1.54, 1.807) is 24.3 Å². The first-order valence-electron chi connectivity index (χ1n) is 11.6. The van der Waals surface area contributed by atoms with Crippen LogP contribution in [0.1, 0.15) is 18.1 Å². The fourth-order valence-corrected chi connectivity index (χ4v) is 4.03. The third-order valence-electron chi connectivity index (χ3n) is 5.18. The number of benzene rings is 2. The molecule has 38 heavy (non-hydrogen) atoms. The molecular formula is C25H31IN4O8. The van der Waals surface area contributed by atoms with E-state index in [-0.39, 0.29) is 59.0 Å². The third-order valence-corrected chi connectivity index (χ3v) is 6.85. The maximum absolute atomic E-state index is 11.8. The second-order valence-electron chi connectivity index (χ2n) is 8.18. The molecule has 0 aromatic heterocycles. The van der Waals surface area contributed by atoms with E-state index in [0.29, 0.717) is 12.8 Å². The zero-order valence-corrected chi connectivity index (χ0v) is 23.0. The number of alkyl halides is 1. The molecule has 2 atom stereocenters. The quantitative estimate of drug-likeness (QED) is 0.101. The standard InChI is InChI=1S/C25H31IN4O8/c1-14(6-15-2-4-18(35-22(31)10-27)20(8-15)37-24(33)12-29)17(26)7-16-3-5-19(36-23(32)11-28)21(9-16)38-25(34)13-30/h2-5,8-9,14,17H,6-7,10-13,27-30H2,1H3/t14-,17?/m0/s1. The van der Waals surface area contributed by atoms with Crippen LogP contribution in [0.15, 0.2) is 36.4 Å². The fraction of sp³-hybridized carbons (Fsp3) is 0.360. The summed E-state index contributed by atoms with van der Waals surface area (Å²) in [6, 6.07) is 9.85. The van der Waals surface area contributed by atoms with Crippen molar-refractivity contribution >= 4 is 46.5 Å². The molecule has 0 saturated carbocycles. The van der Waals surface area contributed by atoms with E-state index in [1.165, 1.54) is 12.1 Å². The van der Waals surface area contributed by atoms with Gasteiger partial charge in [-0.25, -0.2) is 0 Å².